The van der Waals surface area contributed by atoms with Gasteiger partial charge in [-0.05, 0) is 49.8 Å². The lowest BCUT2D eigenvalue weighted by atomic mass is 10.0. The van der Waals surface area contributed by atoms with E-state index < -0.39 is 0 Å². The summed E-state index contributed by atoms with van der Waals surface area (Å²) in [5, 5.41) is 3.66. The summed E-state index contributed by atoms with van der Waals surface area (Å²) in [6, 6.07) is 18.6. The third-order valence-corrected chi connectivity index (χ3v) is 5.56. The fourth-order valence-corrected chi connectivity index (χ4v) is 3.67. The molecule has 0 aromatic heterocycles. The van der Waals surface area contributed by atoms with Crippen molar-refractivity contribution in [3.63, 3.8) is 0 Å². The molecule has 0 unspecified atom stereocenters. The molecule has 5 heteroatoms. The number of carbonyl (C=O) groups is 1. The summed E-state index contributed by atoms with van der Waals surface area (Å²) < 4.78 is 5.91. The van der Waals surface area contributed by atoms with Crippen molar-refractivity contribution in [2.45, 2.75) is 31.7 Å². The predicted molar refractivity (Wildman–Crippen MR) is 115 cm³/mol. The van der Waals surface area contributed by atoms with Gasteiger partial charge in [0.25, 0.3) is 5.91 Å². The Labute approximate surface area is 173 Å². The molecule has 1 aliphatic heterocycles. The lowest BCUT2D eigenvalue weighted by Gasteiger charge is -2.32. The van der Waals surface area contributed by atoms with Crippen molar-refractivity contribution in [1.29, 1.82) is 0 Å². The second-order valence-electron chi connectivity index (χ2n) is 7.66. The van der Waals surface area contributed by atoms with Gasteiger partial charge in [-0.1, -0.05) is 48.5 Å². The van der Waals surface area contributed by atoms with Crippen LogP contribution in [0.1, 0.15) is 25.7 Å². The van der Waals surface area contributed by atoms with E-state index in [0.29, 0.717) is 6.04 Å². The number of rotatable bonds is 7. The van der Waals surface area contributed by atoms with Crippen LogP contribution in [0, 0.1) is 5.92 Å². The van der Waals surface area contributed by atoms with Crippen LogP contribution in [0.5, 0.6) is 5.75 Å². The van der Waals surface area contributed by atoms with Crippen LogP contribution in [0.2, 0.25) is 0 Å². The fraction of sp³-hybridized carbons (Fsp3) is 0.435. The van der Waals surface area contributed by atoms with Gasteiger partial charge in [-0.25, -0.2) is 0 Å². The first-order valence-electron chi connectivity index (χ1n) is 10.1. The number of halogens is 1. The SMILES string of the molecule is Cl.O=C(COc1ccccc1-c1ccccc1)N1CCC(NCC2CC2)CC1. The van der Waals surface area contributed by atoms with Crippen LogP contribution in [-0.2, 0) is 4.79 Å². The zero-order valence-corrected chi connectivity index (χ0v) is 17.0. The van der Waals surface area contributed by atoms with Gasteiger partial charge >= 0.3 is 0 Å². The number of hydrogen-bond acceptors (Lipinski definition) is 3. The molecule has 0 radical (unpaired) electrons. The van der Waals surface area contributed by atoms with Crippen LogP contribution in [0.15, 0.2) is 54.6 Å². The maximum atomic E-state index is 12.6. The van der Waals surface area contributed by atoms with Crippen LogP contribution in [0.25, 0.3) is 11.1 Å². The Morgan fingerprint density at radius 2 is 1.64 bits per heavy atom. The Kier molecular flexibility index (Phi) is 7.35. The van der Waals surface area contributed by atoms with Crippen LogP contribution in [0.3, 0.4) is 0 Å². The average Bonchev–Trinajstić information content (AvgIpc) is 3.56. The normalized spacial score (nSPS) is 17.1. The number of piperidine rings is 1. The third kappa shape index (κ3) is 5.49. The summed E-state index contributed by atoms with van der Waals surface area (Å²) in [5.74, 6) is 1.75. The Morgan fingerprint density at radius 3 is 2.36 bits per heavy atom. The number of carbonyl (C=O) groups excluding carboxylic acids is 1. The van der Waals surface area contributed by atoms with Crippen molar-refractivity contribution in [2.24, 2.45) is 5.92 Å². The Balaban J connectivity index is 0.00000225. The maximum absolute atomic E-state index is 12.6. The van der Waals surface area contributed by atoms with Gasteiger partial charge in [0.15, 0.2) is 6.61 Å². The van der Waals surface area contributed by atoms with E-state index >= 15 is 0 Å². The van der Waals surface area contributed by atoms with E-state index in [1.54, 1.807) is 0 Å². The van der Waals surface area contributed by atoms with Crippen molar-refractivity contribution in [3.05, 3.63) is 54.6 Å². The van der Waals surface area contributed by atoms with Gasteiger partial charge in [-0.2, -0.15) is 0 Å². The van der Waals surface area contributed by atoms with Crippen LogP contribution in [-0.4, -0.2) is 43.1 Å². The second kappa shape index (κ2) is 9.94. The van der Waals surface area contributed by atoms with Crippen LogP contribution < -0.4 is 10.1 Å². The number of hydrogen-bond donors (Lipinski definition) is 1. The summed E-state index contributed by atoms with van der Waals surface area (Å²) in [6.45, 7) is 2.90. The van der Waals surface area contributed by atoms with Gasteiger partial charge in [0, 0.05) is 24.7 Å². The molecular weight excluding hydrogens is 372 g/mol. The summed E-state index contributed by atoms with van der Waals surface area (Å²) in [4.78, 5) is 14.5. The number of likely N-dealkylation sites (tertiary alicyclic amines) is 1. The quantitative estimate of drug-likeness (QED) is 0.759. The van der Waals surface area contributed by atoms with Crippen LogP contribution in [0.4, 0.5) is 0 Å². The molecule has 1 N–H and O–H groups in total. The van der Waals surface area contributed by atoms with Crippen LogP contribution >= 0.6 is 12.4 Å². The molecule has 0 spiro atoms. The second-order valence-corrected chi connectivity index (χ2v) is 7.66. The van der Waals surface area contributed by atoms with Gasteiger partial charge in [0.05, 0.1) is 0 Å². The smallest absolute Gasteiger partial charge is 0.260 e. The predicted octanol–water partition coefficient (Wildman–Crippen LogP) is 4.14. The largest absolute Gasteiger partial charge is 0.483 e. The third-order valence-electron chi connectivity index (χ3n) is 5.56. The molecule has 0 atom stereocenters. The van der Waals surface area contributed by atoms with E-state index in [2.05, 4.69) is 17.4 Å². The lowest BCUT2D eigenvalue weighted by Crippen LogP contribution is -2.46. The standard InChI is InChI=1S/C23H28N2O2.ClH/c26-23(25-14-12-20(13-15-25)24-16-18-10-11-18)17-27-22-9-5-4-8-21(22)19-6-2-1-3-7-19;/h1-9,18,20,24H,10-17H2;1H. The Morgan fingerprint density at radius 1 is 0.964 bits per heavy atom. The monoisotopic (exact) mass is 400 g/mol. The molecular formula is C23H29ClN2O2. The Bertz CT molecular complexity index is 756. The van der Waals surface area contributed by atoms with E-state index in [4.69, 9.17) is 4.74 Å². The first-order valence-corrected chi connectivity index (χ1v) is 10.1. The molecule has 1 saturated heterocycles. The molecule has 1 saturated carbocycles. The molecule has 4 rings (SSSR count). The zero-order chi connectivity index (χ0) is 18.5. The number of amides is 1. The van der Waals surface area contributed by atoms with E-state index in [0.717, 1.165) is 55.3 Å². The summed E-state index contributed by atoms with van der Waals surface area (Å²) in [6.07, 6.45) is 4.84. The molecule has 1 amide bonds. The molecule has 1 aliphatic carbocycles. The molecule has 2 aromatic rings. The maximum Gasteiger partial charge on any atom is 0.260 e. The van der Waals surface area contributed by atoms with Crippen molar-refractivity contribution in [2.75, 3.05) is 26.2 Å². The highest BCUT2D eigenvalue weighted by molar-refractivity contribution is 5.85. The van der Waals surface area contributed by atoms with Gasteiger partial charge in [0.1, 0.15) is 5.75 Å². The first-order chi connectivity index (χ1) is 13.3. The van der Waals surface area contributed by atoms with Gasteiger partial charge < -0.3 is 15.0 Å². The number of nitrogens with one attached hydrogen (secondary N) is 1. The molecule has 150 valence electrons. The van der Waals surface area contributed by atoms with Crippen molar-refractivity contribution >= 4 is 18.3 Å². The minimum Gasteiger partial charge on any atom is -0.483 e. The number of benzene rings is 2. The van der Waals surface area contributed by atoms with E-state index in [9.17, 15) is 4.79 Å². The molecule has 2 aromatic carbocycles. The summed E-state index contributed by atoms with van der Waals surface area (Å²) in [5.41, 5.74) is 2.12. The Hall–Kier alpha value is -2.04. The first kappa shape index (κ1) is 20.7. The van der Waals surface area contributed by atoms with E-state index in [-0.39, 0.29) is 24.9 Å². The molecule has 28 heavy (non-hydrogen) atoms. The average molecular weight is 401 g/mol. The lowest BCUT2D eigenvalue weighted by molar-refractivity contribution is -0.134. The minimum absolute atomic E-state index is 0. The fourth-order valence-electron chi connectivity index (χ4n) is 3.67. The molecule has 2 aliphatic rings. The highest BCUT2D eigenvalue weighted by Gasteiger charge is 2.26. The molecule has 4 nitrogen and oxygen atoms in total. The minimum atomic E-state index is 0. The molecule has 1 heterocycles. The highest BCUT2D eigenvalue weighted by atomic mass is 35.5. The number of nitrogens with zero attached hydrogens (tertiary/aromatic N) is 1. The van der Waals surface area contributed by atoms with Crippen molar-refractivity contribution < 1.29 is 9.53 Å². The van der Waals surface area contributed by atoms with Gasteiger partial charge in [-0.3, -0.25) is 4.79 Å². The van der Waals surface area contributed by atoms with E-state index in [1.807, 2.05) is 47.4 Å². The number of para-hydroxylation sites is 1. The van der Waals surface area contributed by atoms with Gasteiger partial charge in [0.2, 0.25) is 0 Å². The highest BCUT2D eigenvalue weighted by Crippen LogP contribution is 2.30. The summed E-state index contributed by atoms with van der Waals surface area (Å²) >= 11 is 0. The zero-order valence-electron chi connectivity index (χ0n) is 16.2. The summed E-state index contributed by atoms with van der Waals surface area (Å²) in [7, 11) is 0. The van der Waals surface area contributed by atoms with Crippen molar-refractivity contribution in [1.82, 2.24) is 10.2 Å². The van der Waals surface area contributed by atoms with Crippen molar-refractivity contribution in [3.8, 4) is 16.9 Å². The van der Waals surface area contributed by atoms with E-state index in [1.165, 1.54) is 12.8 Å². The molecule has 0 bridgehead atoms. The number of ether oxygens (including phenoxy) is 1. The molecule has 2 fully saturated rings. The topological polar surface area (TPSA) is 41.6 Å². The van der Waals surface area contributed by atoms with Gasteiger partial charge in [-0.15, -0.1) is 12.4 Å².